The molecule has 108 valence electrons. The van der Waals surface area contributed by atoms with E-state index >= 15 is 0 Å². The molecule has 1 aromatic carbocycles. The molecule has 1 unspecified atom stereocenters. The van der Waals surface area contributed by atoms with Crippen molar-refractivity contribution in [2.45, 2.75) is 18.9 Å². The summed E-state index contributed by atoms with van der Waals surface area (Å²) in [6.45, 7) is 0. The fraction of sp³-hybridized carbons (Fsp3) is 0.429. The molecule has 1 fully saturated rings. The number of thioether (sulfide) groups is 1. The molecule has 5 nitrogen and oxygen atoms in total. The third-order valence-electron chi connectivity index (χ3n) is 3.33. The van der Waals surface area contributed by atoms with Crippen LogP contribution in [0.3, 0.4) is 0 Å². The van der Waals surface area contributed by atoms with Crippen molar-refractivity contribution in [2.75, 3.05) is 23.9 Å². The molecule has 1 saturated heterocycles. The third-order valence-corrected chi connectivity index (χ3v) is 4.48. The number of nitrogens with one attached hydrogen (secondary N) is 1. The Balaban J connectivity index is 1.91. The van der Waals surface area contributed by atoms with Gasteiger partial charge in [-0.15, -0.1) is 0 Å². The maximum Gasteiger partial charge on any atom is 0.321 e. The van der Waals surface area contributed by atoms with Crippen LogP contribution in [0.2, 0.25) is 0 Å². The van der Waals surface area contributed by atoms with E-state index in [2.05, 4.69) is 5.32 Å². The first-order valence-corrected chi connectivity index (χ1v) is 7.64. The number of hydrogen-bond donors (Lipinski definition) is 2. The first kappa shape index (κ1) is 14.7. The van der Waals surface area contributed by atoms with Crippen molar-refractivity contribution >= 4 is 29.4 Å². The minimum absolute atomic E-state index is 0.00652. The Kier molecular flexibility index (Phi) is 4.89. The molecule has 20 heavy (non-hydrogen) atoms. The van der Waals surface area contributed by atoms with Crippen molar-refractivity contribution in [3.8, 4) is 0 Å². The molecule has 2 amide bonds. The molecule has 1 aromatic rings. The summed E-state index contributed by atoms with van der Waals surface area (Å²) in [5, 5.41) is 11.5. The van der Waals surface area contributed by atoms with Crippen molar-refractivity contribution in [2.24, 2.45) is 0 Å². The molecule has 0 spiro atoms. The van der Waals surface area contributed by atoms with Crippen LogP contribution in [-0.2, 0) is 11.2 Å². The summed E-state index contributed by atoms with van der Waals surface area (Å²) in [5.41, 5.74) is 1.40. The van der Waals surface area contributed by atoms with Gasteiger partial charge >= 0.3 is 12.0 Å². The zero-order valence-electron chi connectivity index (χ0n) is 11.3. The standard InChI is InChI=1S/C14H18N2O3S/c1-16(12-6-7-20-9-12)14(19)15-11-4-2-10(3-5-11)8-13(17)18/h2-5,12H,6-9H2,1H3,(H,15,19)(H,17,18). The van der Waals surface area contributed by atoms with E-state index in [1.54, 1.807) is 29.2 Å². The monoisotopic (exact) mass is 294 g/mol. The topological polar surface area (TPSA) is 69.6 Å². The lowest BCUT2D eigenvalue weighted by molar-refractivity contribution is -0.136. The van der Waals surface area contributed by atoms with Crippen LogP contribution >= 0.6 is 11.8 Å². The maximum absolute atomic E-state index is 12.1. The summed E-state index contributed by atoms with van der Waals surface area (Å²) in [5.74, 6) is 1.23. The number of rotatable bonds is 4. The van der Waals surface area contributed by atoms with E-state index in [9.17, 15) is 9.59 Å². The lowest BCUT2D eigenvalue weighted by Crippen LogP contribution is -2.39. The number of urea groups is 1. The van der Waals surface area contributed by atoms with Crippen molar-refractivity contribution in [1.82, 2.24) is 4.90 Å². The van der Waals surface area contributed by atoms with Crippen LogP contribution in [0.1, 0.15) is 12.0 Å². The number of benzene rings is 1. The van der Waals surface area contributed by atoms with Gasteiger partial charge in [-0.05, 0) is 29.9 Å². The second-order valence-electron chi connectivity index (χ2n) is 4.83. The minimum atomic E-state index is -0.861. The number of carbonyl (C=O) groups is 2. The molecular weight excluding hydrogens is 276 g/mol. The van der Waals surface area contributed by atoms with Crippen LogP contribution in [0.4, 0.5) is 10.5 Å². The molecule has 1 aliphatic rings. The van der Waals surface area contributed by atoms with Crippen LogP contribution in [0.5, 0.6) is 0 Å². The van der Waals surface area contributed by atoms with Crippen LogP contribution in [0.15, 0.2) is 24.3 Å². The van der Waals surface area contributed by atoms with Gasteiger partial charge < -0.3 is 15.3 Å². The Morgan fingerprint density at radius 3 is 2.65 bits per heavy atom. The number of amides is 2. The average Bonchev–Trinajstić information content (AvgIpc) is 2.93. The van der Waals surface area contributed by atoms with Crippen molar-refractivity contribution in [3.63, 3.8) is 0 Å². The lowest BCUT2D eigenvalue weighted by Gasteiger charge is -2.24. The summed E-state index contributed by atoms with van der Waals surface area (Å²) in [6.07, 6.45) is 1.03. The predicted octanol–water partition coefficient (Wildman–Crippen LogP) is 2.28. The molecule has 1 heterocycles. The largest absolute Gasteiger partial charge is 0.481 e. The summed E-state index contributed by atoms with van der Waals surface area (Å²) >= 11 is 1.86. The van der Waals surface area contributed by atoms with E-state index in [0.29, 0.717) is 11.7 Å². The molecule has 6 heteroatoms. The fourth-order valence-corrected chi connectivity index (χ4v) is 3.35. The van der Waals surface area contributed by atoms with Gasteiger partial charge in [-0.1, -0.05) is 12.1 Å². The zero-order valence-corrected chi connectivity index (χ0v) is 12.2. The average molecular weight is 294 g/mol. The summed E-state index contributed by atoms with van der Waals surface area (Å²) in [6, 6.07) is 7.07. The molecule has 2 N–H and O–H groups in total. The first-order valence-electron chi connectivity index (χ1n) is 6.48. The lowest BCUT2D eigenvalue weighted by atomic mass is 10.1. The smallest absolute Gasteiger partial charge is 0.321 e. The molecule has 1 atom stereocenters. The van der Waals surface area contributed by atoms with Crippen LogP contribution < -0.4 is 5.32 Å². The molecule has 0 aliphatic carbocycles. The third kappa shape index (κ3) is 3.90. The van der Waals surface area contributed by atoms with Gasteiger partial charge in [0.25, 0.3) is 0 Å². The van der Waals surface area contributed by atoms with Gasteiger partial charge in [-0.3, -0.25) is 4.79 Å². The quantitative estimate of drug-likeness (QED) is 0.894. The second-order valence-corrected chi connectivity index (χ2v) is 5.98. The SMILES string of the molecule is CN(C(=O)Nc1ccc(CC(=O)O)cc1)C1CCSC1. The Morgan fingerprint density at radius 2 is 2.10 bits per heavy atom. The van der Waals surface area contributed by atoms with Gasteiger partial charge in [0.05, 0.1) is 6.42 Å². The van der Waals surface area contributed by atoms with E-state index in [1.807, 2.05) is 18.8 Å². The van der Waals surface area contributed by atoms with Crippen LogP contribution in [0, 0.1) is 0 Å². The molecular formula is C14H18N2O3S. The highest BCUT2D eigenvalue weighted by molar-refractivity contribution is 7.99. The van der Waals surface area contributed by atoms with Gasteiger partial charge in [-0.2, -0.15) is 11.8 Å². The number of nitrogens with zero attached hydrogens (tertiary/aromatic N) is 1. The highest BCUT2D eigenvalue weighted by atomic mass is 32.2. The Morgan fingerprint density at radius 1 is 1.40 bits per heavy atom. The molecule has 1 aliphatic heterocycles. The summed E-state index contributed by atoms with van der Waals surface area (Å²) in [4.78, 5) is 24.4. The predicted molar refractivity (Wildman–Crippen MR) is 80.3 cm³/mol. The van der Waals surface area contributed by atoms with E-state index in [1.165, 1.54) is 0 Å². The number of hydrogen-bond acceptors (Lipinski definition) is 3. The van der Waals surface area contributed by atoms with Gasteiger partial charge in [-0.25, -0.2) is 4.79 Å². The Hall–Kier alpha value is -1.69. The van der Waals surface area contributed by atoms with Crippen molar-refractivity contribution < 1.29 is 14.7 Å². The highest BCUT2D eigenvalue weighted by Crippen LogP contribution is 2.22. The van der Waals surface area contributed by atoms with Crippen LogP contribution in [0.25, 0.3) is 0 Å². The normalized spacial score (nSPS) is 17.8. The first-order chi connectivity index (χ1) is 9.56. The second kappa shape index (κ2) is 6.65. The molecule has 0 saturated carbocycles. The van der Waals surface area contributed by atoms with E-state index in [0.717, 1.165) is 23.5 Å². The number of carbonyl (C=O) groups excluding carboxylic acids is 1. The van der Waals surface area contributed by atoms with E-state index in [-0.39, 0.29) is 12.5 Å². The zero-order chi connectivity index (χ0) is 14.5. The van der Waals surface area contributed by atoms with Gasteiger partial charge in [0.2, 0.25) is 0 Å². The minimum Gasteiger partial charge on any atom is -0.481 e. The number of carboxylic acid groups (broad SMARTS) is 1. The molecule has 2 rings (SSSR count). The fourth-order valence-electron chi connectivity index (χ4n) is 2.09. The van der Waals surface area contributed by atoms with E-state index < -0.39 is 5.97 Å². The summed E-state index contributed by atoms with van der Waals surface area (Å²) in [7, 11) is 1.81. The molecule has 0 aromatic heterocycles. The molecule has 0 bridgehead atoms. The van der Waals surface area contributed by atoms with Crippen LogP contribution in [-0.4, -0.2) is 46.6 Å². The summed E-state index contributed by atoms with van der Waals surface area (Å²) < 4.78 is 0. The van der Waals surface area contributed by atoms with Crippen molar-refractivity contribution in [3.05, 3.63) is 29.8 Å². The number of carboxylic acids is 1. The highest BCUT2D eigenvalue weighted by Gasteiger charge is 2.23. The van der Waals surface area contributed by atoms with Gasteiger partial charge in [0.15, 0.2) is 0 Å². The number of anilines is 1. The van der Waals surface area contributed by atoms with Gasteiger partial charge in [0.1, 0.15) is 0 Å². The Bertz CT molecular complexity index is 484. The molecule has 0 radical (unpaired) electrons. The number of aliphatic carboxylic acids is 1. The van der Waals surface area contributed by atoms with Gasteiger partial charge in [0, 0.05) is 24.5 Å². The van der Waals surface area contributed by atoms with E-state index in [4.69, 9.17) is 5.11 Å². The van der Waals surface area contributed by atoms with Crippen molar-refractivity contribution in [1.29, 1.82) is 0 Å². The maximum atomic E-state index is 12.1. The Labute approximate surface area is 122 Å².